The van der Waals surface area contributed by atoms with Crippen LogP contribution < -0.4 is 21.5 Å². The van der Waals surface area contributed by atoms with Gasteiger partial charge in [-0.05, 0) is 62.7 Å². The summed E-state index contributed by atoms with van der Waals surface area (Å²) < 4.78 is 3.06. The summed E-state index contributed by atoms with van der Waals surface area (Å²) in [6, 6.07) is 13.2. The number of terminal acetylenes is 1. The third-order valence-corrected chi connectivity index (χ3v) is 8.46. The summed E-state index contributed by atoms with van der Waals surface area (Å²) in [7, 11) is 1.62. The Hall–Kier alpha value is -3.75. The van der Waals surface area contributed by atoms with E-state index in [1.54, 1.807) is 30.5 Å². The highest BCUT2D eigenvalue weighted by molar-refractivity contribution is 7.23. The van der Waals surface area contributed by atoms with Gasteiger partial charge in [-0.1, -0.05) is 30.4 Å². The topological polar surface area (TPSA) is 123 Å². The molecule has 0 radical (unpaired) electrons. The standard InChI is InChI=1S/C30H35N7O2S/c1-4-6-14-30(34-35-30)15-18-36(5-2)17-7-16-32-28(39)23-12-13-25-26(19-23)40-29-33-24(20-37(25)29)21-8-10-22(11-9-21)27(38)31-3/h1,8-13,19-20,34-35H,5-7,14-18H2,2-3H3,(H,31,38)(H,32,39). The Morgan fingerprint density at radius 3 is 2.58 bits per heavy atom. The summed E-state index contributed by atoms with van der Waals surface area (Å²) in [6.07, 6.45) is 11.0. The largest absolute Gasteiger partial charge is 0.355 e. The third kappa shape index (κ3) is 6.18. The summed E-state index contributed by atoms with van der Waals surface area (Å²) in [5.74, 6) is 2.54. The van der Waals surface area contributed by atoms with Crippen molar-refractivity contribution in [3.63, 3.8) is 0 Å². The molecular formula is C30H35N7O2S. The summed E-state index contributed by atoms with van der Waals surface area (Å²) in [6.45, 7) is 5.68. The molecule has 0 bridgehead atoms. The Balaban J connectivity index is 1.15. The van der Waals surface area contributed by atoms with Crippen LogP contribution >= 0.6 is 11.3 Å². The molecule has 1 aliphatic rings. The number of carbonyl (C=O) groups excluding carboxylic acids is 2. The van der Waals surface area contributed by atoms with Gasteiger partial charge >= 0.3 is 0 Å². The average molecular weight is 558 g/mol. The molecule has 10 heteroatoms. The van der Waals surface area contributed by atoms with Gasteiger partial charge in [-0.2, -0.15) is 0 Å². The van der Waals surface area contributed by atoms with Crippen molar-refractivity contribution in [3.8, 4) is 23.6 Å². The van der Waals surface area contributed by atoms with Gasteiger partial charge in [0, 0.05) is 49.4 Å². The number of nitrogens with zero attached hydrogens (tertiary/aromatic N) is 3. The van der Waals surface area contributed by atoms with E-state index in [1.165, 1.54) is 0 Å². The van der Waals surface area contributed by atoms with Crippen molar-refractivity contribution < 1.29 is 9.59 Å². The highest BCUT2D eigenvalue weighted by atomic mass is 32.1. The first-order valence-corrected chi connectivity index (χ1v) is 14.5. The lowest BCUT2D eigenvalue weighted by atomic mass is 10.1. The minimum absolute atomic E-state index is 0.00298. The maximum Gasteiger partial charge on any atom is 0.251 e. The zero-order valence-electron chi connectivity index (χ0n) is 22.9. The normalized spacial score (nSPS) is 13.9. The Morgan fingerprint density at radius 2 is 1.88 bits per heavy atom. The van der Waals surface area contributed by atoms with Gasteiger partial charge in [-0.15, -0.1) is 12.3 Å². The van der Waals surface area contributed by atoms with Gasteiger partial charge in [0.05, 0.1) is 21.6 Å². The molecule has 0 aliphatic carbocycles. The second-order valence-corrected chi connectivity index (χ2v) is 11.1. The lowest BCUT2D eigenvalue weighted by Crippen LogP contribution is -2.33. The third-order valence-electron chi connectivity index (χ3n) is 7.44. The van der Waals surface area contributed by atoms with Crippen molar-refractivity contribution in [1.29, 1.82) is 0 Å². The van der Waals surface area contributed by atoms with Crippen LogP contribution in [-0.2, 0) is 0 Å². The second kappa shape index (κ2) is 12.2. The van der Waals surface area contributed by atoms with E-state index in [0.29, 0.717) is 17.7 Å². The van der Waals surface area contributed by atoms with Crippen LogP contribution in [0.15, 0.2) is 48.7 Å². The molecule has 5 rings (SSSR count). The van der Waals surface area contributed by atoms with E-state index < -0.39 is 0 Å². The molecule has 4 aromatic rings. The molecule has 1 saturated heterocycles. The molecule has 0 unspecified atom stereocenters. The van der Waals surface area contributed by atoms with Crippen LogP contribution in [0.2, 0.25) is 0 Å². The first kappa shape index (κ1) is 27.8. The van der Waals surface area contributed by atoms with Gasteiger partial charge in [0.15, 0.2) is 4.96 Å². The van der Waals surface area contributed by atoms with Crippen LogP contribution in [0.1, 0.15) is 53.3 Å². The molecule has 2 amide bonds. The molecule has 4 N–H and O–H groups in total. The molecular weight excluding hydrogens is 522 g/mol. The molecule has 0 saturated carbocycles. The number of rotatable bonds is 13. The highest BCUT2D eigenvalue weighted by Crippen LogP contribution is 2.30. The number of imidazole rings is 1. The van der Waals surface area contributed by atoms with Crippen LogP contribution in [0.5, 0.6) is 0 Å². The molecule has 208 valence electrons. The molecule has 2 aromatic heterocycles. The molecule has 3 heterocycles. The summed E-state index contributed by atoms with van der Waals surface area (Å²) >= 11 is 1.55. The fourth-order valence-corrected chi connectivity index (χ4v) is 5.90. The number of hydrogen-bond acceptors (Lipinski definition) is 7. The maximum atomic E-state index is 12.9. The van der Waals surface area contributed by atoms with Gasteiger partial charge in [-0.25, -0.2) is 15.8 Å². The predicted octanol–water partition coefficient (Wildman–Crippen LogP) is 3.63. The SMILES string of the molecule is C#CCCC1(CCN(CC)CCCNC(=O)c2ccc3c(c2)sc2nc(-c4ccc(C(=O)NC)cc4)cn23)NN1. The zero-order valence-corrected chi connectivity index (χ0v) is 23.7. The molecule has 40 heavy (non-hydrogen) atoms. The summed E-state index contributed by atoms with van der Waals surface area (Å²) in [5.41, 5.74) is 10.6. The first-order chi connectivity index (χ1) is 19.4. The summed E-state index contributed by atoms with van der Waals surface area (Å²) in [5, 5.41) is 5.70. The van der Waals surface area contributed by atoms with Crippen LogP contribution in [-0.4, -0.2) is 65.0 Å². The van der Waals surface area contributed by atoms with Gasteiger partial charge < -0.3 is 15.5 Å². The highest BCUT2D eigenvalue weighted by Gasteiger charge is 2.40. The average Bonchev–Trinajstić information content (AvgIpc) is 3.50. The van der Waals surface area contributed by atoms with Crippen LogP contribution in [0.3, 0.4) is 0 Å². The maximum absolute atomic E-state index is 12.9. The Morgan fingerprint density at radius 1 is 1.10 bits per heavy atom. The fraction of sp³-hybridized carbons (Fsp3) is 0.367. The van der Waals surface area contributed by atoms with Crippen molar-refractivity contribution >= 4 is 38.3 Å². The number of hydrazine groups is 1. The lowest BCUT2D eigenvalue weighted by molar-refractivity contribution is 0.0947. The molecule has 1 fully saturated rings. The van der Waals surface area contributed by atoms with E-state index in [0.717, 1.165) is 71.8 Å². The van der Waals surface area contributed by atoms with Crippen LogP contribution in [0.25, 0.3) is 26.4 Å². The number of hydrogen-bond donors (Lipinski definition) is 4. The Kier molecular flexibility index (Phi) is 8.47. The number of carbonyl (C=O) groups is 2. The smallest absolute Gasteiger partial charge is 0.251 e. The Bertz CT molecular complexity index is 1550. The van der Waals surface area contributed by atoms with Crippen molar-refractivity contribution in [3.05, 3.63) is 59.8 Å². The molecule has 9 nitrogen and oxygen atoms in total. The number of amides is 2. The van der Waals surface area contributed by atoms with Gasteiger partial charge in [0.25, 0.3) is 11.8 Å². The number of fused-ring (bicyclic) bond motifs is 3. The predicted molar refractivity (Wildman–Crippen MR) is 160 cm³/mol. The molecule has 1 aliphatic heterocycles. The molecule has 0 spiro atoms. The lowest BCUT2D eigenvalue weighted by Gasteiger charge is -2.22. The fourth-order valence-electron chi connectivity index (χ4n) is 4.85. The van der Waals surface area contributed by atoms with E-state index in [9.17, 15) is 9.59 Å². The van der Waals surface area contributed by atoms with Crippen molar-refractivity contribution in [2.75, 3.05) is 33.2 Å². The molecule has 0 atom stereocenters. The second-order valence-electron chi connectivity index (χ2n) is 10.0. The van der Waals surface area contributed by atoms with Gasteiger partial charge in [-0.3, -0.25) is 14.0 Å². The van der Waals surface area contributed by atoms with Crippen molar-refractivity contribution in [1.82, 2.24) is 35.8 Å². The van der Waals surface area contributed by atoms with E-state index in [2.05, 4.69) is 39.2 Å². The van der Waals surface area contributed by atoms with Crippen LogP contribution in [0, 0.1) is 12.3 Å². The van der Waals surface area contributed by atoms with Crippen molar-refractivity contribution in [2.24, 2.45) is 0 Å². The quantitative estimate of drug-likeness (QED) is 0.113. The number of benzene rings is 2. The molecule has 2 aromatic carbocycles. The van der Waals surface area contributed by atoms with E-state index in [-0.39, 0.29) is 17.5 Å². The minimum Gasteiger partial charge on any atom is -0.355 e. The van der Waals surface area contributed by atoms with Gasteiger partial charge in [0.2, 0.25) is 0 Å². The van der Waals surface area contributed by atoms with E-state index in [4.69, 9.17) is 11.4 Å². The number of aromatic nitrogens is 2. The minimum atomic E-state index is -0.115. The first-order valence-electron chi connectivity index (χ1n) is 13.7. The van der Waals surface area contributed by atoms with E-state index >= 15 is 0 Å². The summed E-state index contributed by atoms with van der Waals surface area (Å²) in [4.78, 5) is 32.7. The van der Waals surface area contributed by atoms with Gasteiger partial charge in [0.1, 0.15) is 0 Å². The Labute approximate surface area is 238 Å². The number of thiazole rings is 1. The monoisotopic (exact) mass is 557 g/mol. The van der Waals surface area contributed by atoms with Crippen LogP contribution in [0.4, 0.5) is 0 Å². The number of nitrogens with one attached hydrogen (secondary N) is 4. The van der Waals surface area contributed by atoms with Crippen molar-refractivity contribution in [2.45, 2.75) is 38.3 Å². The zero-order chi connectivity index (χ0) is 28.1. The van der Waals surface area contributed by atoms with E-state index in [1.807, 2.05) is 40.9 Å².